The van der Waals surface area contributed by atoms with Gasteiger partial charge < -0.3 is 10.4 Å². The lowest BCUT2D eigenvalue weighted by Gasteiger charge is -2.06. The van der Waals surface area contributed by atoms with E-state index in [-0.39, 0.29) is 16.3 Å². The first kappa shape index (κ1) is 14.0. The molecule has 0 unspecified atom stereocenters. The number of rotatable bonds is 3. The molecular weight excluding hydrogens is 287 g/mol. The van der Waals surface area contributed by atoms with Gasteiger partial charge in [0.2, 0.25) is 0 Å². The summed E-state index contributed by atoms with van der Waals surface area (Å²) in [6.07, 6.45) is 0.904. The molecule has 20 heavy (non-hydrogen) atoms. The number of carbonyl (C=O) groups is 2. The van der Waals surface area contributed by atoms with Gasteiger partial charge in [0.05, 0.1) is 17.3 Å². The molecule has 1 amide bonds. The summed E-state index contributed by atoms with van der Waals surface area (Å²) < 4.78 is 13.0. The maximum absolute atomic E-state index is 13.0. The second-order valence-electron chi connectivity index (χ2n) is 3.83. The van der Waals surface area contributed by atoms with Crippen molar-refractivity contribution in [3.63, 3.8) is 0 Å². The summed E-state index contributed by atoms with van der Waals surface area (Å²) in [5, 5.41) is 11.1. The molecule has 0 spiro atoms. The molecule has 1 aromatic heterocycles. The predicted octanol–water partition coefficient (Wildman–Crippen LogP) is 2.82. The van der Waals surface area contributed by atoms with Crippen molar-refractivity contribution in [1.82, 2.24) is 4.98 Å². The topological polar surface area (TPSA) is 79.3 Å². The highest BCUT2D eigenvalue weighted by molar-refractivity contribution is 6.33. The second kappa shape index (κ2) is 5.66. The van der Waals surface area contributed by atoms with E-state index in [0.29, 0.717) is 5.69 Å². The van der Waals surface area contributed by atoms with Gasteiger partial charge in [0.1, 0.15) is 11.0 Å². The molecule has 102 valence electrons. The number of benzene rings is 1. The first-order valence-electron chi connectivity index (χ1n) is 5.43. The largest absolute Gasteiger partial charge is 0.478 e. The summed E-state index contributed by atoms with van der Waals surface area (Å²) in [6, 6.07) is 6.48. The summed E-state index contributed by atoms with van der Waals surface area (Å²) in [5.74, 6) is -2.38. The van der Waals surface area contributed by atoms with Crippen molar-refractivity contribution in [3.8, 4) is 0 Å². The van der Waals surface area contributed by atoms with E-state index in [1.54, 1.807) is 0 Å². The van der Waals surface area contributed by atoms with Crippen LogP contribution in [-0.2, 0) is 0 Å². The van der Waals surface area contributed by atoms with Crippen LogP contribution in [0.4, 0.5) is 10.1 Å². The average Bonchev–Trinajstić information content (AvgIpc) is 2.42. The summed E-state index contributed by atoms with van der Waals surface area (Å²) in [7, 11) is 0. The zero-order valence-corrected chi connectivity index (χ0v) is 10.7. The smallest absolute Gasteiger partial charge is 0.335 e. The fraction of sp³-hybridized carbons (Fsp3) is 0. The minimum atomic E-state index is -1.07. The molecule has 0 radical (unpaired) electrons. The van der Waals surface area contributed by atoms with E-state index in [4.69, 9.17) is 16.7 Å². The number of aromatic carboxylic acids is 1. The van der Waals surface area contributed by atoms with Crippen LogP contribution in [-0.4, -0.2) is 22.0 Å². The standard InChI is InChI=1S/C13H8ClFN2O3/c14-11-10(5-8(15)6-16-11)12(18)17-9-3-1-7(2-4-9)13(19)20/h1-6H,(H,17,18)(H,19,20). The van der Waals surface area contributed by atoms with Crippen LogP contribution in [0.15, 0.2) is 36.5 Å². The minimum absolute atomic E-state index is 0.0912. The van der Waals surface area contributed by atoms with Gasteiger partial charge in [0, 0.05) is 5.69 Å². The van der Waals surface area contributed by atoms with Crippen molar-refractivity contribution in [3.05, 3.63) is 58.6 Å². The fourth-order valence-corrected chi connectivity index (χ4v) is 1.67. The Morgan fingerprint density at radius 1 is 1.25 bits per heavy atom. The van der Waals surface area contributed by atoms with Crippen LogP contribution in [0, 0.1) is 5.82 Å². The highest BCUT2D eigenvalue weighted by Gasteiger charge is 2.13. The summed E-state index contributed by atoms with van der Waals surface area (Å²) >= 11 is 5.71. The van der Waals surface area contributed by atoms with E-state index in [1.807, 2.05) is 0 Å². The molecule has 0 saturated carbocycles. The molecule has 0 bridgehead atoms. The lowest BCUT2D eigenvalue weighted by atomic mass is 10.2. The van der Waals surface area contributed by atoms with E-state index < -0.39 is 17.7 Å². The molecule has 2 N–H and O–H groups in total. The van der Waals surface area contributed by atoms with Crippen molar-refractivity contribution in [1.29, 1.82) is 0 Å². The van der Waals surface area contributed by atoms with Gasteiger partial charge in [-0.1, -0.05) is 11.6 Å². The van der Waals surface area contributed by atoms with E-state index in [9.17, 15) is 14.0 Å². The highest BCUT2D eigenvalue weighted by Crippen LogP contribution is 2.16. The molecule has 0 fully saturated rings. The molecule has 0 atom stereocenters. The molecule has 2 aromatic rings. The number of anilines is 1. The van der Waals surface area contributed by atoms with Crippen LogP contribution in [0.3, 0.4) is 0 Å². The summed E-state index contributed by atoms with van der Waals surface area (Å²) in [5.41, 5.74) is 0.350. The monoisotopic (exact) mass is 294 g/mol. The number of pyridine rings is 1. The lowest BCUT2D eigenvalue weighted by molar-refractivity contribution is 0.0696. The number of halogens is 2. The number of hydrogen-bond acceptors (Lipinski definition) is 3. The van der Waals surface area contributed by atoms with Crippen LogP contribution in [0.2, 0.25) is 5.15 Å². The Morgan fingerprint density at radius 3 is 2.50 bits per heavy atom. The Morgan fingerprint density at radius 2 is 1.90 bits per heavy atom. The third kappa shape index (κ3) is 3.10. The van der Waals surface area contributed by atoms with Crippen LogP contribution in [0.25, 0.3) is 0 Å². The van der Waals surface area contributed by atoms with Gasteiger partial charge in [-0.2, -0.15) is 0 Å². The minimum Gasteiger partial charge on any atom is -0.478 e. The molecule has 7 heteroatoms. The Labute approximate surface area is 118 Å². The molecule has 0 aliphatic carbocycles. The highest BCUT2D eigenvalue weighted by atomic mass is 35.5. The molecule has 1 aromatic carbocycles. The number of aromatic nitrogens is 1. The number of nitrogens with zero attached hydrogens (tertiary/aromatic N) is 1. The molecule has 2 rings (SSSR count). The molecule has 5 nitrogen and oxygen atoms in total. The quantitative estimate of drug-likeness (QED) is 0.853. The predicted molar refractivity (Wildman–Crippen MR) is 70.6 cm³/mol. The van der Waals surface area contributed by atoms with Gasteiger partial charge in [-0.15, -0.1) is 0 Å². The third-order valence-corrected chi connectivity index (χ3v) is 2.74. The van der Waals surface area contributed by atoms with Crippen molar-refractivity contribution < 1.29 is 19.1 Å². The Hall–Kier alpha value is -2.47. The van der Waals surface area contributed by atoms with Crippen LogP contribution in [0.1, 0.15) is 20.7 Å². The Kier molecular flexibility index (Phi) is 3.95. The number of hydrogen-bond donors (Lipinski definition) is 2. The third-order valence-electron chi connectivity index (χ3n) is 2.44. The van der Waals surface area contributed by atoms with Gasteiger partial charge in [0.15, 0.2) is 0 Å². The lowest BCUT2D eigenvalue weighted by Crippen LogP contribution is -2.13. The zero-order chi connectivity index (χ0) is 14.7. The van der Waals surface area contributed by atoms with E-state index >= 15 is 0 Å². The molecule has 1 heterocycles. The number of nitrogens with one attached hydrogen (secondary N) is 1. The van der Waals surface area contributed by atoms with Crippen molar-refractivity contribution in [2.75, 3.05) is 5.32 Å². The number of carboxylic acids is 1. The summed E-state index contributed by atoms with van der Waals surface area (Å²) in [6.45, 7) is 0. The number of carbonyl (C=O) groups excluding carboxylic acids is 1. The Bertz CT molecular complexity index is 674. The van der Waals surface area contributed by atoms with E-state index in [1.165, 1.54) is 24.3 Å². The van der Waals surface area contributed by atoms with Crippen LogP contribution < -0.4 is 5.32 Å². The molecule has 0 saturated heterocycles. The van der Waals surface area contributed by atoms with Gasteiger partial charge in [0.25, 0.3) is 5.91 Å². The average molecular weight is 295 g/mol. The fourth-order valence-electron chi connectivity index (χ4n) is 1.48. The maximum Gasteiger partial charge on any atom is 0.335 e. The molecule has 0 aliphatic rings. The van der Waals surface area contributed by atoms with Crippen molar-refractivity contribution in [2.24, 2.45) is 0 Å². The Balaban J connectivity index is 2.19. The van der Waals surface area contributed by atoms with Crippen LogP contribution >= 0.6 is 11.6 Å². The molecular formula is C13H8ClFN2O3. The van der Waals surface area contributed by atoms with Crippen molar-refractivity contribution >= 4 is 29.2 Å². The summed E-state index contributed by atoms with van der Waals surface area (Å²) in [4.78, 5) is 26.1. The SMILES string of the molecule is O=C(O)c1ccc(NC(=O)c2cc(F)cnc2Cl)cc1. The van der Waals surface area contributed by atoms with Crippen LogP contribution in [0.5, 0.6) is 0 Å². The van der Waals surface area contributed by atoms with Gasteiger partial charge in [-0.25, -0.2) is 14.2 Å². The van der Waals surface area contributed by atoms with Gasteiger partial charge >= 0.3 is 5.97 Å². The normalized spacial score (nSPS) is 10.1. The number of amides is 1. The van der Waals surface area contributed by atoms with E-state index in [0.717, 1.165) is 12.3 Å². The molecule has 0 aliphatic heterocycles. The number of carboxylic acid groups (broad SMARTS) is 1. The second-order valence-corrected chi connectivity index (χ2v) is 4.19. The first-order valence-corrected chi connectivity index (χ1v) is 5.81. The first-order chi connectivity index (χ1) is 9.47. The zero-order valence-electron chi connectivity index (χ0n) is 9.93. The van der Waals surface area contributed by atoms with Gasteiger partial charge in [-0.05, 0) is 30.3 Å². The van der Waals surface area contributed by atoms with E-state index in [2.05, 4.69) is 10.3 Å². The maximum atomic E-state index is 13.0. The van der Waals surface area contributed by atoms with Gasteiger partial charge in [-0.3, -0.25) is 4.79 Å². The van der Waals surface area contributed by atoms with Crippen molar-refractivity contribution in [2.45, 2.75) is 0 Å².